The minimum absolute atomic E-state index is 0.167. The maximum atomic E-state index is 12.5. The fraction of sp³-hybridized carbons (Fsp3) is 0.375. The number of hydrogen-bond donors (Lipinski definition) is 3. The van der Waals surface area contributed by atoms with Crippen LogP contribution in [0.1, 0.15) is 17.4 Å². The Morgan fingerprint density at radius 3 is 2.56 bits per heavy atom. The average Bonchev–Trinajstić information content (AvgIpc) is 2.60. The molecule has 0 radical (unpaired) electrons. The zero-order chi connectivity index (χ0) is 18.4. The van der Waals surface area contributed by atoms with E-state index in [1.54, 1.807) is 31.2 Å². The topological polar surface area (TPSA) is 91.3 Å². The van der Waals surface area contributed by atoms with E-state index in [2.05, 4.69) is 21.3 Å². The zero-order valence-electron chi connectivity index (χ0n) is 14.5. The number of carbonyl (C=O) groups excluding carboxylic acids is 1. The van der Waals surface area contributed by atoms with Crippen LogP contribution in [0.2, 0.25) is 0 Å². The largest absolute Gasteiger partial charge is 0.360 e. The van der Waals surface area contributed by atoms with Crippen LogP contribution in [0.5, 0.6) is 0 Å². The first-order chi connectivity index (χ1) is 11.9. The number of nitrogens with one attached hydrogen (secondary N) is 3. The number of aryl methyl sites for hydroxylation is 1. The average molecular weight is 362 g/mol. The molecule has 0 saturated heterocycles. The quantitative estimate of drug-likeness (QED) is 0.513. The molecule has 0 spiro atoms. The molecule has 0 saturated carbocycles. The summed E-state index contributed by atoms with van der Waals surface area (Å²) in [7, 11) is 3.92. The third kappa shape index (κ3) is 4.74. The normalized spacial score (nSPS) is 10.7. The number of nitrogens with zero attached hydrogens (tertiary/aromatic N) is 3. The summed E-state index contributed by atoms with van der Waals surface area (Å²) < 4.78 is 1.27. The molecule has 0 aliphatic rings. The molecule has 0 atom stereocenters. The number of hydrogen-bond acceptors (Lipinski definition) is 5. The van der Waals surface area contributed by atoms with Gasteiger partial charge in [0, 0.05) is 25.0 Å². The Kier molecular flexibility index (Phi) is 6.43. The summed E-state index contributed by atoms with van der Waals surface area (Å²) in [5.74, 6) is -0.463. The molecule has 2 rings (SSSR count). The summed E-state index contributed by atoms with van der Waals surface area (Å²) in [5.41, 5.74) is 5.11. The van der Waals surface area contributed by atoms with Crippen molar-refractivity contribution in [3.8, 4) is 0 Å². The molecule has 1 heterocycles. The number of aromatic nitrogens is 2. The Morgan fingerprint density at radius 2 is 1.92 bits per heavy atom. The molecule has 25 heavy (non-hydrogen) atoms. The number of fused-ring (bicyclic) bond motifs is 1. The molecule has 134 valence electrons. The Bertz CT molecular complexity index is 833. The highest BCUT2D eigenvalue weighted by Crippen LogP contribution is 2.12. The summed E-state index contributed by atoms with van der Waals surface area (Å²) >= 11 is 5.11. The van der Waals surface area contributed by atoms with Gasteiger partial charge < -0.3 is 10.2 Å². The van der Waals surface area contributed by atoms with Gasteiger partial charge in [-0.1, -0.05) is 18.2 Å². The van der Waals surface area contributed by atoms with E-state index in [0.717, 1.165) is 6.54 Å². The van der Waals surface area contributed by atoms with Crippen molar-refractivity contribution in [3.05, 3.63) is 40.3 Å². The predicted molar refractivity (Wildman–Crippen MR) is 101 cm³/mol. The Labute approximate surface area is 151 Å². The number of thiocarbonyl (C=S) groups is 1. The Morgan fingerprint density at radius 1 is 1.24 bits per heavy atom. The van der Waals surface area contributed by atoms with Crippen molar-refractivity contribution in [3.63, 3.8) is 0 Å². The van der Waals surface area contributed by atoms with Gasteiger partial charge in [-0.2, -0.15) is 5.10 Å². The first-order valence-corrected chi connectivity index (χ1v) is 8.33. The van der Waals surface area contributed by atoms with E-state index in [1.165, 1.54) is 4.68 Å². The fourth-order valence-electron chi connectivity index (χ4n) is 2.23. The van der Waals surface area contributed by atoms with Crippen LogP contribution >= 0.6 is 12.2 Å². The SMILES string of the molecule is CCn1nc(C(=O)NNC(=S)NCCN(C)C)c2ccccc2c1=O. The molecule has 0 aliphatic heterocycles. The fourth-order valence-corrected chi connectivity index (χ4v) is 2.38. The molecule has 3 N–H and O–H groups in total. The van der Waals surface area contributed by atoms with E-state index in [-0.39, 0.29) is 11.3 Å². The van der Waals surface area contributed by atoms with E-state index in [4.69, 9.17) is 12.2 Å². The molecular weight excluding hydrogens is 340 g/mol. The maximum absolute atomic E-state index is 12.5. The molecule has 1 amide bonds. The summed E-state index contributed by atoms with van der Waals surface area (Å²) in [6.07, 6.45) is 0. The molecule has 9 heteroatoms. The van der Waals surface area contributed by atoms with Crippen LogP contribution in [0, 0.1) is 0 Å². The number of hydrazine groups is 1. The molecule has 2 aromatic rings. The Balaban J connectivity index is 2.13. The van der Waals surface area contributed by atoms with Crippen molar-refractivity contribution >= 4 is 34.0 Å². The van der Waals surface area contributed by atoms with Crippen LogP contribution in [-0.2, 0) is 6.54 Å². The van der Waals surface area contributed by atoms with Gasteiger partial charge in [0.05, 0.1) is 5.39 Å². The van der Waals surface area contributed by atoms with Gasteiger partial charge >= 0.3 is 0 Å². The van der Waals surface area contributed by atoms with Crippen molar-refractivity contribution < 1.29 is 4.79 Å². The smallest absolute Gasteiger partial charge is 0.290 e. The summed E-state index contributed by atoms with van der Waals surface area (Å²) in [6, 6.07) is 6.90. The lowest BCUT2D eigenvalue weighted by Gasteiger charge is -2.14. The first-order valence-electron chi connectivity index (χ1n) is 7.92. The molecular formula is C16H22N6O2S. The minimum atomic E-state index is -0.463. The maximum Gasteiger partial charge on any atom is 0.290 e. The number of amides is 1. The predicted octanol–water partition coefficient (Wildman–Crippen LogP) is 0.0869. The van der Waals surface area contributed by atoms with E-state index >= 15 is 0 Å². The second-order valence-electron chi connectivity index (χ2n) is 5.65. The van der Waals surface area contributed by atoms with Crippen LogP contribution in [-0.4, -0.2) is 52.9 Å². The van der Waals surface area contributed by atoms with Gasteiger partial charge in [0.25, 0.3) is 11.5 Å². The first kappa shape index (κ1) is 18.8. The molecule has 1 aromatic carbocycles. The van der Waals surface area contributed by atoms with Crippen molar-refractivity contribution in [1.29, 1.82) is 0 Å². The van der Waals surface area contributed by atoms with E-state index in [9.17, 15) is 9.59 Å². The standard InChI is InChI=1S/C16H22N6O2S/c1-4-22-15(24)12-8-6-5-7-11(12)13(20-22)14(23)18-19-16(25)17-9-10-21(2)3/h5-8H,4,9-10H2,1-3H3,(H,18,23)(H2,17,19,25). The van der Waals surface area contributed by atoms with Gasteiger partial charge in [-0.25, -0.2) is 4.68 Å². The van der Waals surface area contributed by atoms with Crippen LogP contribution in [0.4, 0.5) is 0 Å². The molecule has 0 bridgehead atoms. The van der Waals surface area contributed by atoms with Gasteiger partial charge in [0.1, 0.15) is 0 Å². The number of likely N-dealkylation sites (N-methyl/N-ethyl adjacent to an activating group) is 1. The third-order valence-electron chi connectivity index (χ3n) is 3.52. The summed E-state index contributed by atoms with van der Waals surface area (Å²) in [5, 5.41) is 8.41. The van der Waals surface area contributed by atoms with E-state index < -0.39 is 5.91 Å². The number of rotatable bonds is 5. The Hall–Kier alpha value is -2.52. The number of carbonyl (C=O) groups is 1. The van der Waals surface area contributed by atoms with Crippen LogP contribution < -0.4 is 21.7 Å². The lowest BCUT2D eigenvalue weighted by Crippen LogP contribution is -2.48. The highest BCUT2D eigenvalue weighted by atomic mass is 32.1. The van der Waals surface area contributed by atoms with Gasteiger partial charge in [0.2, 0.25) is 0 Å². The number of benzene rings is 1. The molecule has 1 aromatic heterocycles. The highest BCUT2D eigenvalue weighted by Gasteiger charge is 2.16. The summed E-state index contributed by atoms with van der Waals surface area (Å²) in [6.45, 7) is 3.63. The van der Waals surface area contributed by atoms with Crippen molar-refractivity contribution in [2.45, 2.75) is 13.5 Å². The third-order valence-corrected chi connectivity index (χ3v) is 3.76. The van der Waals surface area contributed by atoms with Crippen LogP contribution in [0.15, 0.2) is 29.1 Å². The van der Waals surface area contributed by atoms with Crippen LogP contribution in [0.3, 0.4) is 0 Å². The van der Waals surface area contributed by atoms with Gasteiger partial charge in [-0.05, 0) is 39.3 Å². The second kappa shape index (κ2) is 8.54. The van der Waals surface area contributed by atoms with Gasteiger partial charge in [0.15, 0.2) is 10.8 Å². The highest BCUT2D eigenvalue weighted by molar-refractivity contribution is 7.80. The summed E-state index contributed by atoms with van der Waals surface area (Å²) in [4.78, 5) is 26.8. The molecule has 8 nitrogen and oxygen atoms in total. The van der Waals surface area contributed by atoms with Gasteiger partial charge in [-0.15, -0.1) is 0 Å². The van der Waals surface area contributed by atoms with Crippen LogP contribution in [0.25, 0.3) is 10.8 Å². The van der Waals surface area contributed by atoms with Gasteiger partial charge in [-0.3, -0.25) is 20.4 Å². The van der Waals surface area contributed by atoms with Crippen molar-refractivity contribution in [2.75, 3.05) is 27.2 Å². The molecule has 0 fully saturated rings. The molecule has 0 aliphatic carbocycles. The van der Waals surface area contributed by atoms with Crippen molar-refractivity contribution in [2.24, 2.45) is 0 Å². The molecule has 0 unspecified atom stereocenters. The monoisotopic (exact) mass is 362 g/mol. The lowest BCUT2D eigenvalue weighted by molar-refractivity contribution is 0.0938. The van der Waals surface area contributed by atoms with E-state index in [1.807, 2.05) is 19.0 Å². The van der Waals surface area contributed by atoms with Crippen molar-refractivity contribution in [1.82, 2.24) is 30.8 Å². The lowest BCUT2D eigenvalue weighted by atomic mass is 10.1. The minimum Gasteiger partial charge on any atom is -0.360 e. The van der Waals surface area contributed by atoms with E-state index in [0.29, 0.717) is 29.0 Å². The zero-order valence-corrected chi connectivity index (χ0v) is 15.3. The second-order valence-corrected chi connectivity index (χ2v) is 6.06.